The summed E-state index contributed by atoms with van der Waals surface area (Å²) in [5.74, 6) is -0.535. The third-order valence-electron chi connectivity index (χ3n) is 2.02. The van der Waals surface area contributed by atoms with Crippen LogP contribution in [0.15, 0.2) is 14.6 Å². The van der Waals surface area contributed by atoms with Gasteiger partial charge in [0.05, 0.1) is 0 Å². The first-order chi connectivity index (χ1) is 8.60. The van der Waals surface area contributed by atoms with Gasteiger partial charge in [-0.1, -0.05) is 18.3 Å². The van der Waals surface area contributed by atoms with Gasteiger partial charge in [-0.15, -0.1) is 10.2 Å². The Kier molecular flexibility index (Phi) is 3.33. The van der Waals surface area contributed by atoms with Crippen molar-refractivity contribution in [3.8, 4) is 5.88 Å². The Balaban J connectivity index is 2.34. The molecule has 0 fully saturated rings. The van der Waals surface area contributed by atoms with Crippen molar-refractivity contribution in [1.82, 2.24) is 20.2 Å². The number of H-pyrrole nitrogens is 2. The molecule has 94 valence electrons. The predicted molar refractivity (Wildman–Crippen MR) is 65.9 cm³/mol. The lowest BCUT2D eigenvalue weighted by Gasteiger charge is -1.94. The minimum absolute atomic E-state index is 0.136. The Morgan fingerprint density at radius 1 is 1.39 bits per heavy atom. The number of aryl methyl sites for hydroxylation is 1. The molecule has 0 radical (unpaired) electrons. The lowest BCUT2D eigenvalue weighted by Crippen LogP contribution is -2.24. The molecule has 0 bridgehead atoms. The van der Waals surface area contributed by atoms with Crippen molar-refractivity contribution in [2.45, 2.75) is 13.3 Å². The van der Waals surface area contributed by atoms with E-state index >= 15 is 0 Å². The first-order valence-corrected chi connectivity index (χ1v) is 5.83. The number of aromatic hydroxyl groups is 1. The summed E-state index contributed by atoms with van der Waals surface area (Å²) in [6.45, 7) is 1.94. The van der Waals surface area contributed by atoms with Crippen LogP contribution in [0.2, 0.25) is 0 Å². The highest BCUT2D eigenvalue weighted by Gasteiger charge is 2.06. The molecular formula is C9H9N5O3S. The monoisotopic (exact) mass is 267 g/mol. The number of aromatic nitrogens is 4. The summed E-state index contributed by atoms with van der Waals surface area (Å²) < 4.78 is 0. The van der Waals surface area contributed by atoms with Gasteiger partial charge in [-0.05, 0) is 6.42 Å². The molecule has 2 rings (SSSR count). The normalized spacial score (nSPS) is 11.2. The van der Waals surface area contributed by atoms with E-state index in [9.17, 15) is 14.7 Å². The second-order valence-electron chi connectivity index (χ2n) is 3.26. The molecule has 3 N–H and O–H groups in total. The SMILES string of the molecule is CCc1nnc(/N=C/c2c(O)[nH]c(=O)[nH]c2=O)s1. The Labute approximate surface area is 104 Å². The average molecular weight is 267 g/mol. The Morgan fingerprint density at radius 2 is 2.17 bits per heavy atom. The summed E-state index contributed by atoms with van der Waals surface area (Å²) in [5, 5.41) is 18.2. The molecule has 0 unspecified atom stereocenters. The third kappa shape index (κ3) is 2.51. The van der Waals surface area contributed by atoms with Crippen LogP contribution in [-0.4, -0.2) is 31.5 Å². The zero-order chi connectivity index (χ0) is 13.1. The number of aliphatic imine (C=N–C) groups is 1. The molecule has 0 atom stereocenters. The second kappa shape index (κ2) is 4.92. The molecule has 8 nitrogen and oxygen atoms in total. The molecule has 0 aliphatic carbocycles. The molecule has 2 heterocycles. The highest BCUT2D eigenvalue weighted by Crippen LogP contribution is 2.18. The van der Waals surface area contributed by atoms with Gasteiger partial charge in [0.15, 0.2) is 0 Å². The molecule has 2 aromatic heterocycles. The molecule has 0 saturated heterocycles. The van der Waals surface area contributed by atoms with Crippen LogP contribution < -0.4 is 11.2 Å². The zero-order valence-corrected chi connectivity index (χ0v) is 10.1. The van der Waals surface area contributed by atoms with Crippen LogP contribution in [0.4, 0.5) is 5.13 Å². The van der Waals surface area contributed by atoms with Gasteiger partial charge in [-0.3, -0.25) is 14.8 Å². The largest absolute Gasteiger partial charge is 0.494 e. The molecule has 18 heavy (non-hydrogen) atoms. The van der Waals surface area contributed by atoms with Crippen LogP contribution >= 0.6 is 11.3 Å². The van der Waals surface area contributed by atoms with Crippen LogP contribution in [0.25, 0.3) is 0 Å². The van der Waals surface area contributed by atoms with Gasteiger partial charge in [0, 0.05) is 6.21 Å². The van der Waals surface area contributed by atoms with E-state index < -0.39 is 17.1 Å². The standard InChI is InChI=1S/C9H9N5O3S/c1-2-5-13-14-9(18-5)10-3-4-6(15)11-8(17)12-7(4)16/h3H,2H2,1H3,(H3,11,12,15,16,17)/b10-3+. The summed E-state index contributed by atoms with van der Waals surface area (Å²) in [7, 11) is 0. The first kappa shape index (κ1) is 12.2. The van der Waals surface area contributed by atoms with Gasteiger partial charge in [-0.25, -0.2) is 9.79 Å². The van der Waals surface area contributed by atoms with Crippen LogP contribution in [-0.2, 0) is 6.42 Å². The summed E-state index contributed by atoms with van der Waals surface area (Å²) in [6.07, 6.45) is 1.88. The van der Waals surface area contributed by atoms with Crippen LogP contribution in [0.5, 0.6) is 5.88 Å². The second-order valence-corrected chi connectivity index (χ2v) is 4.30. The van der Waals surface area contributed by atoms with Crippen molar-refractivity contribution in [3.63, 3.8) is 0 Å². The molecule has 0 amide bonds. The Morgan fingerprint density at radius 3 is 2.78 bits per heavy atom. The summed E-state index contributed by atoms with van der Waals surface area (Å²) in [6, 6.07) is 0. The van der Waals surface area contributed by atoms with Crippen LogP contribution in [0.3, 0.4) is 0 Å². The van der Waals surface area contributed by atoms with Crippen LogP contribution in [0.1, 0.15) is 17.5 Å². The van der Waals surface area contributed by atoms with Gasteiger partial charge in [0.2, 0.25) is 11.0 Å². The van der Waals surface area contributed by atoms with Crippen molar-refractivity contribution in [2.24, 2.45) is 4.99 Å². The first-order valence-electron chi connectivity index (χ1n) is 5.02. The van der Waals surface area contributed by atoms with Gasteiger partial charge in [0.25, 0.3) is 5.56 Å². The Bertz CT molecular complexity index is 699. The van der Waals surface area contributed by atoms with Gasteiger partial charge < -0.3 is 5.11 Å². The highest BCUT2D eigenvalue weighted by atomic mass is 32.1. The van der Waals surface area contributed by atoms with Crippen molar-refractivity contribution in [2.75, 3.05) is 0 Å². The van der Waals surface area contributed by atoms with Crippen LogP contribution in [0, 0.1) is 0 Å². The lowest BCUT2D eigenvalue weighted by atomic mass is 10.3. The number of aromatic amines is 2. The summed E-state index contributed by atoms with van der Waals surface area (Å²) in [4.78, 5) is 30.2. The van der Waals surface area contributed by atoms with E-state index in [-0.39, 0.29) is 5.56 Å². The molecule has 0 spiro atoms. The fraction of sp³-hybridized carbons (Fsp3) is 0.222. The van der Waals surface area contributed by atoms with Crippen molar-refractivity contribution in [3.05, 3.63) is 31.4 Å². The molecule has 9 heteroatoms. The number of hydrogen-bond donors (Lipinski definition) is 3. The molecule has 0 aliphatic heterocycles. The van der Waals surface area contributed by atoms with E-state index in [4.69, 9.17) is 0 Å². The number of nitrogens with zero attached hydrogens (tertiary/aromatic N) is 3. The minimum Gasteiger partial charge on any atom is -0.494 e. The number of nitrogens with one attached hydrogen (secondary N) is 2. The predicted octanol–water partition coefficient (Wildman–Crippen LogP) is -0.0667. The molecule has 0 aliphatic rings. The quantitative estimate of drug-likeness (QED) is 0.671. The topological polar surface area (TPSA) is 124 Å². The van der Waals surface area contributed by atoms with Gasteiger partial charge in [-0.2, -0.15) is 0 Å². The maximum Gasteiger partial charge on any atom is 0.328 e. The van der Waals surface area contributed by atoms with Crippen molar-refractivity contribution in [1.29, 1.82) is 0 Å². The summed E-state index contributed by atoms with van der Waals surface area (Å²) in [5.41, 5.74) is -1.64. The third-order valence-corrected chi connectivity index (χ3v) is 3.00. The fourth-order valence-corrected chi connectivity index (χ4v) is 1.79. The number of rotatable bonds is 3. The molecule has 0 saturated carbocycles. The smallest absolute Gasteiger partial charge is 0.328 e. The van der Waals surface area contributed by atoms with Gasteiger partial charge in [0.1, 0.15) is 10.6 Å². The minimum atomic E-state index is -0.779. The average Bonchev–Trinajstić information content (AvgIpc) is 2.75. The zero-order valence-electron chi connectivity index (χ0n) is 9.30. The van der Waals surface area contributed by atoms with E-state index in [1.165, 1.54) is 11.3 Å². The maximum absolute atomic E-state index is 11.4. The fourth-order valence-electron chi connectivity index (χ4n) is 1.16. The Hall–Kier alpha value is -2.29. The van der Waals surface area contributed by atoms with E-state index in [0.29, 0.717) is 5.13 Å². The highest BCUT2D eigenvalue weighted by molar-refractivity contribution is 7.14. The van der Waals surface area contributed by atoms with E-state index in [0.717, 1.165) is 17.6 Å². The molecule has 0 aromatic carbocycles. The van der Waals surface area contributed by atoms with E-state index in [2.05, 4.69) is 20.2 Å². The van der Waals surface area contributed by atoms with Gasteiger partial charge >= 0.3 is 5.69 Å². The lowest BCUT2D eigenvalue weighted by molar-refractivity contribution is 0.447. The van der Waals surface area contributed by atoms with Crippen molar-refractivity contribution >= 4 is 22.7 Å². The van der Waals surface area contributed by atoms with E-state index in [1.807, 2.05) is 11.9 Å². The van der Waals surface area contributed by atoms with Crippen molar-refractivity contribution < 1.29 is 5.11 Å². The van der Waals surface area contributed by atoms with E-state index in [1.54, 1.807) is 0 Å². The maximum atomic E-state index is 11.4. The number of hydrogen-bond acceptors (Lipinski definition) is 7. The molecule has 2 aromatic rings. The molecular weight excluding hydrogens is 258 g/mol. The summed E-state index contributed by atoms with van der Waals surface area (Å²) >= 11 is 1.28.